The van der Waals surface area contributed by atoms with Gasteiger partial charge in [-0.3, -0.25) is 14.5 Å². The van der Waals surface area contributed by atoms with Crippen molar-refractivity contribution >= 4 is 35.0 Å². The number of amides is 2. The van der Waals surface area contributed by atoms with Gasteiger partial charge in [0.1, 0.15) is 0 Å². The topological polar surface area (TPSA) is 121 Å². The zero-order valence-corrected chi connectivity index (χ0v) is 26.0. The summed E-state index contributed by atoms with van der Waals surface area (Å²) in [6.07, 6.45) is -0.953. The number of piperazine rings is 1. The third-order valence-corrected chi connectivity index (χ3v) is 8.34. The number of hydrogen-bond acceptors (Lipinski definition) is 10. The van der Waals surface area contributed by atoms with Crippen LogP contribution in [0.5, 0.6) is 0 Å². The highest BCUT2D eigenvalue weighted by Gasteiger charge is 2.38. The number of nitrogens with one attached hydrogen (secondary N) is 2. The van der Waals surface area contributed by atoms with Gasteiger partial charge in [0.05, 0.1) is 47.1 Å². The number of nitrogens with zero attached hydrogens (tertiary/aromatic N) is 7. The number of halogens is 3. The molecule has 2 aromatic heterocycles. The minimum Gasteiger partial charge on any atom is -0.379 e. The van der Waals surface area contributed by atoms with Gasteiger partial charge in [-0.1, -0.05) is 5.21 Å². The summed E-state index contributed by atoms with van der Waals surface area (Å²) in [7, 11) is 2.01. The fourth-order valence-corrected chi connectivity index (χ4v) is 5.53. The number of carbonyl (C=O) groups is 2. The lowest BCUT2D eigenvalue weighted by molar-refractivity contribution is -0.141. The number of pyridine rings is 1. The van der Waals surface area contributed by atoms with Gasteiger partial charge in [0.25, 0.3) is 11.8 Å². The molecule has 2 amide bonds. The molecular formula is C29H36F3N9O3S. The van der Waals surface area contributed by atoms with Crippen LogP contribution in [0.15, 0.2) is 41.6 Å². The summed E-state index contributed by atoms with van der Waals surface area (Å²) < 4.78 is 48.4. The predicted octanol–water partition coefficient (Wildman–Crippen LogP) is 2.86. The number of thioether (sulfide) groups is 1. The Morgan fingerprint density at radius 1 is 1.02 bits per heavy atom. The normalized spacial score (nSPS) is 16.5. The van der Waals surface area contributed by atoms with E-state index in [2.05, 4.69) is 40.6 Å². The molecular weight excluding hydrogens is 611 g/mol. The number of benzene rings is 1. The van der Waals surface area contributed by atoms with Crippen LogP contribution in [0.3, 0.4) is 0 Å². The van der Waals surface area contributed by atoms with Crippen LogP contribution < -0.4 is 15.5 Å². The molecule has 3 aromatic rings. The molecule has 0 bridgehead atoms. The van der Waals surface area contributed by atoms with Crippen LogP contribution in [0.4, 0.5) is 24.5 Å². The first kappa shape index (κ1) is 32.7. The minimum absolute atomic E-state index is 0.116. The third-order valence-electron chi connectivity index (χ3n) is 7.70. The van der Waals surface area contributed by atoms with Gasteiger partial charge >= 0.3 is 6.18 Å². The molecule has 0 radical (unpaired) electrons. The maximum atomic E-state index is 13.9. The Labute approximate surface area is 263 Å². The van der Waals surface area contributed by atoms with Gasteiger partial charge in [0.15, 0.2) is 11.4 Å². The predicted molar refractivity (Wildman–Crippen MR) is 164 cm³/mol. The highest BCUT2D eigenvalue weighted by atomic mass is 32.2. The first-order valence-electron chi connectivity index (χ1n) is 14.6. The molecule has 2 aliphatic heterocycles. The summed E-state index contributed by atoms with van der Waals surface area (Å²) in [5.41, 5.74) is -0.294. The van der Waals surface area contributed by atoms with Crippen molar-refractivity contribution < 1.29 is 27.5 Å². The second kappa shape index (κ2) is 14.6. The van der Waals surface area contributed by atoms with Crippen molar-refractivity contribution in [2.24, 2.45) is 0 Å². The molecule has 45 heavy (non-hydrogen) atoms. The molecule has 0 atom stereocenters. The van der Waals surface area contributed by atoms with E-state index in [9.17, 15) is 22.8 Å². The van der Waals surface area contributed by atoms with Gasteiger partial charge in [0, 0.05) is 45.8 Å². The Hall–Kier alpha value is -3.73. The summed E-state index contributed by atoms with van der Waals surface area (Å²) in [5.74, 6) is -1.31. The molecule has 0 saturated carbocycles. The maximum Gasteiger partial charge on any atom is 0.434 e. The van der Waals surface area contributed by atoms with Crippen molar-refractivity contribution in [3.8, 4) is 5.69 Å². The molecule has 2 aliphatic rings. The summed E-state index contributed by atoms with van der Waals surface area (Å²) in [6, 6.07) is 7.68. The highest BCUT2D eigenvalue weighted by molar-refractivity contribution is 7.98. The number of carbonyl (C=O) groups excluding carboxylic acids is 2. The van der Waals surface area contributed by atoms with E-state index in [0.717, 1.165) is 57.0 Å². The Bertz CT molecular complexity index is 1490. The molecule has 16 heteroatoms. The van der Waals surface area contributed by atoms with Gasteiger partial charge in [-0.2, -0.15) is 13.2 Å². The Kier molecular flexibility index (Phi) is 10.6. The third kappa shape index (κ3) is 8.31. The van der Waals surface area contributed by atoms with E-state index in [4.69, 9.17) is 4.74 Å². The van der Waals surface area contributed by atoms with Crippen molar-refractivity contribution in [1.29, 1.82) is 0 Å². The van der Waals surface area contributed by atoms with E-state index >= 15 is 0 Å². The first-order valence-corrected chi connectivity index (χ1v) is 15.9. The van der Waals surface area contributed by atoms with E-state index in [1.807, 2.05) is 7.05 Å². The summed E-state index contributed by atoms with van der Waals surface area (Å²) in [5, 5.41) is 13.8. The monoisotopic (exact) mass is 647 g/mol. The van der Waals surface area contributed by atoms with E-state index in [0.29, 0.717) is 49.9 Å². The molecule has 12 nitrogen and oxygen atoms in total. The quantitative estimate of drug-likeness (QED) is 0.251. The van der Waals surface area contributed by atoms with Crippen molar-refractivity contribution in [3.63, 3.8) is 0 Å². The molecule has 0 aliphatic carbocycles. The number of alkyl halides is 3. The smallest absolute Gasteiger partial charge is 0.379 e. The van der Waals surface area contributed by atoms with E-state index in [1.54, 1.807) is 24.5 Å². The maximum absolute atomic E-state index is 13.9. The van der Waals surface area contributed by atoms with Crippen LogP contribution in [-0.4, -0.2) is 120 Å². The fraction of sp³-hybridized carbons (Fsp3) is 0.483. The summed E-state index contributed by atoms with van der Waals surface area (Å²) in [6.45, 7) is 7.40. The minimum atomic E-state index is -4.82. The van der Waals surface area contributed by atoms with Crippen LogP contribution in [0.2, 0.25) is 0 Å². The SMILES string of the molecule is CSc1ccc(C(=O)Nc2cc(-n3cc(C(=O)NCCCN4CCOCC4)nn3)ccc2N2CCN(C)CC2)c(C(F)(F)F)n1. The number of aromatic nitrogens is 4. The number of hydrogen-bond donors (Lipinski definition) is 2. The number of likely N-dealkylation sites (N-methyl/N-ethyl adjacent to an activating group) is 1. The van der Waals surface area contributed by atoms with Crippen LogP contribution in [0.1, 0.15) is 33.0 Å². The number of morpholine rings is 1. The Balaban J connectivity index is 1.34. The lowest BCUT2D eigenvalue weighted by atomic mass is 10.1. The summed E-state index contributed by atoms with van der Waals surface area (Å²) in [4.78, 5) is 36.3. The van der Waals surface area contributed by atoms with Crippen molar-refractivity contribution in [3.05, 3.63) is 53.5 Å². The molecule has 2 N–H and O–H groups in total. The van der Waals surface area contributed by atoms with Gasteiger partial charge in [-0.25, -0.2) is 9.67 Å². The second-order valence-corrected chi connectivity index (χ2v) is 11.6. The standard InChI is InChI=1S/C29H36F3N9O3S/c1-38-10-12-40(13-11-38)24-6-4-20(18-22(24)34-27(42)21-5-7-25(45-2)35-26(21)29(30,31)32)41-19-23(36-37-41)28(43)33-8-3-9-39-14-16-44-17-15-39/h4-7,18-19H,3,8-17H2,1-2H3,(H,33,43)(H,34,42). The average Bonchev–Trinajstić information content (AvgIpc) is 3.54. The van der Waals surface area contributed by atoms with E-state index in [-0.39, 0.29) is 16.6 Å². The highest BCUT2D eigenvalue weighted by Crippen LogP contribution is 2.34. The molecule has 2 fully saturated rings. The number of rotatable bonds is 10. The molecule has 2 saturated heterocycles. The van der Waals surface area contributed by atoms with Gasteiger partial charge in [0.2, 0.25) is 0 Å². The van der Waals surface area contributed by atoms with Gasteiger partial charge in [-0.15, -0.1) is 16.9 Å². The lowest BCUT2D eigenvalue weighted by Gasteiger charge is -2.35. The van der Waals surface area contributed by atoms with Gasteiger partial charge < -0.3 is 25.2 Å². The van der Waals surface area contributed by atoms with E-state index in [1.165, 1.54) is 16.9 Å². The number of anilines is 2. The zero-order valence-electron chi connectivity index (χ0n) is 25.1. The molecule has 1 aromatic carbocycles. The van der Waals surface area contributed by atoms with Crippen LogP contribution in [-0.2, 0) is 10.9 Å². The molecule has 242 valence electrons. The van der Waals surface area contributed by atoms with Crippen molar-refractivity contribution in [2.75, 3.05) is 89.1 Å². The summed E-state index contributed by atoms with van der Waals surface area (Å²) >= 11 is 1.06. The lowest BCUT2D eigenvalue weighted by Crippen LogP contribution is -2.44. The van der Waals surface area contributed by atoms with Crippen LogP contribution in [0, 0.1) is 0 Å². The van der Waals surface area contributed by atoms with Crippen molar-refractivity contribution in [2.45, 2.75) is 17.6 Å². The Morgan fingerprint density at radius 2 is 1.78 bits per heavy atom. The largest absolute Gasteiger partial charge is 0.434 e. The average molecular weight is 648 g/mol. The number of ether oxygens (including phenoxy) is 1. The van der Waals surface area contributed by atoms with Crippen LogP contribution >= 0.6 is 11.8 Å². The second-order valence-electron chi connectivity index (χ2n) is 10.8. The van der Waals surface area contributed by atoms with Gasteiger partial charge in [-0.05, 0) is 56.6 Å². The fourth-order valence-electron chi connectivity index (χ4n) is 5.15. The first-order chi connectivity index (χ1) is 21.6. The Morgan fingerprint density at radius 3 is 2.49 bits per heavy atom. The zero-order chi connectivity index (χ0) is 32.0. The molecule has 4 heterocycles. The van der Waals surface area contributed by atoms with E-state index < -0.39 is 23.3 Å². The van der Waals surface area contributed by atoms with Crippen molar-refractivity contribution in [1.82, 2.24) is 35.1 Å². The molecule has 5 rings (SSSR count). The molecule has 0 unspecified atom stereocenters. The molecule has 0 spiro atoms. The van der Waals surface area contributed by atoms with Crippen LogP contribution in [0.25, 0.3) is 5.69 Å².